The van der Waals surface area contributed by atoms with Crippen molar-refractivity contribution in [2.45, 2.75) is 82.1 Å². The third-order valence-corrected chi connectivity index (χ3v) is 7.56. The Balaban J connectivity index is 1.29. The molecular formula is C24H37NO2. The van der Waals surface area contributed by atoms with Crippen molar-refractivity contribution in [1.29, 1.82) is 0 Å². The Morgan fingerprint density at radius 3 is 2.63 bits per heavy atom. The maximum Gasteiger partial charge on any atom is 0.0611 e. The highest BCUT2D eigenvalue weighted by Gasteiger charge is 2.36. The molecule has 27 heavy (non-hydrogen) atoms. The van der Waals surface area contributed by atoms with Crippen molar-refractivity contribution in [2.75, 3.05) is 19.8 Å². The van der Waals surface area contributed by atoms with E-state index in [1.807, 2.05) is 0 Å². The molecule has 1 aromatic rings. The van der Waals surface area contributed by atoms with Gasteiger partial charge in [0.1, 0.15) is 0 Å². The van der Waals surface area contributed by atoms with Gasteiger partial charge in [-0.25, -0.2) is 0 Å². The van der Waals surface area contributed by atoms with Gasteiger partial charge in [-0.3, -0.25) is 0 Å². The van der Waals surface area contributed by atoms with Gasteiger partial charge in [0, 0.05) is 18.8 Å². The Hall–Kier alpha value is -0.900. The van der Waals surface area contributed by atoms with Crippen LogP contribution in [0.1, 0.15) is 80.4 Å². The molecule has 0 spiro atoms. The van der Waals surface area contributed by atoms with Gasteiger partial charge in [-0.2, -0.15) is 0 Å². The fraction of sp³-hybridized carbons (Fsp3) is 0.750. The van der Waals surface area contributed by atoms with E-state index in [-0.39, 0.29) is 12.1 Å². The van der Waals surface area contributed by atoms with Gasteiger partial charge in [-0.1, -0.05) is 37.5 Å². The van der Waals surface area contributed by atoms with Gasteiger partial charge in [0.2, 0.25) is 0 Å². The van der Waals surface area contributed by atoms with Gasteiger partial charge in [0.25, 0.3) is 0 Å². The van der Waals surface area contributed by atoms with Crippen LogP contribution in [-0.4, -0.2) is 30.5 Å². The Morgan fingerprint density at radius 2 is 1.85 bits per heavy atom. The van der Waals surface area contributed by atoms with Crippen molar-refractivity contribution in [3.63, 3.8) is 0 Å². The first-order valence-electron chi connectivity index (χ1n) is 11.2. The van der Waals surface area contributed by atoms with Crippen LogP contribution in [0.25, 0.3) is 0 Å². The molecule has 0 radical (unpaired) electrons. The minimum absolute atomic E-state index is 0.115. The fourth-order valence-electron chi connectivity index (χ4n) is 5.67. The summed E-state index contributed by atoms with van der Waals surface area (Å²) in [5.41, 5.74) is 10.5. The second-order valence-electron chi connectivity index (χ2n) is 9.58. The first-order chi connectivity index (χ1) is 13.1. The minimum Gasteiger partial charge on any atom is -0.394 e. The van der Waals surface area contributed by atoms with Crippen molar-refractivity contribution in [3.8, 4) is 0 Å². The Kier molecular flexibility index (Phi) is 6.21. The van der Waals surface area contributed by atoms with Gasteiger partial charge in [0.15, 0.2) is 0 Å². The molecule has 0 amide bonds. The molecule has 3 atom stereocenters. The first-order valence-corrected chi connectivity index (χ1v) is 11.2. The van der Waals surface area contributed by atoms with Crippen LogP contribution in [0.4, 0.5) is 0 Å². The average Bonchev–Trinajstić information content (AvgIpc) is 3.11. The second kappa shape index (κ2) is 8.63. The van der Waals surface area contributed by atoms with E-state index in [2.05, 4.69) is 18.2 Å². The molecule has 3 heteroatoms. The predicted molar refractivity (Wildman–Crippen MR) is 110 cm³/mol. The number of hydrogen-bond donors (Lipinski definition) is 2. The average molecular weight is 372 g/mol. The molecule has 1 saturated heterocycles. The zero-order chi connectivity index (χ0) is 18.7. The number of ether oxygens (including phenoxy) is 1. The van der Waals surface area contributed by atoms with E-state index < -0.39 is 0 Å². The number of aryl methyl sites for hydroxylation is 1. The summed E-state index contributed by atoms with van der Waals surface area (Å²) < 4.78 is 5.48. The molecule has 3 nitrogen and oxygen atoms in total. The number of aliphatic hydroxyl groups excluding tert-OH is 1. The van der Waals surface area contributed by atoms with Crippen molar-refractivity contribution in [1.82, 2.24) is 0 Å². The van der Waals surface area contributed by atoms with Crippen LogP contribution in [0, 0.1) is 11.8 Å². The summed E-state index contributed by atoms with van der Waals surface area (Å²) in [5.74, 6) is 2.32. The predicted octanol–water partition coefficient (Wildman–Crippen LogP) is 4.35. The summed E-state index contributed by atoms with van der Waals surface area (Å²) in [5, 5.41) is 9.53. The molecule has 150 valence electrons. The van der Waals surface area contributed by atoms with E-state index in [4.69, 9.17) is 10.5 Å². The summed E-state index contributed by atoms with van der Waals surface area (Å²) in [4.78, 5) is 0. The Labute approximate surface area is 164 Å². The number of benzene rings is 1. The van der Waals surface area contributed by atoms with Crippen LogP contribution in [0.15, 0.2) is 18.2 Å². The van der Waals surface area contributed by atoms with Gasteiger partial charge >= 0.3 is 0 Å². The molecule has 3 aliphatic rings. The molecule has 2 fully saturated rings. The lowest BCUT2D eigenvalue weighted by Gasteiger charge is -2.27. The van der Waals surface area contributed by atoms with E-state index >= 15 is 0 Å². The molecule has 1 aliphatic heterocycles. The van der Waals surface area contributed by atoms with E-state index in [1.165, 1.54) is 56.9 Å². The van der Waals surface area contributed by atoms with Crippen molar-refractivity contribution in [2.24, 2.45) is 17.6 Å². The van der Waals surface area contributed by atoms with Crippen LogP contribution in [-0.2, 0) is 17.6 Å². The lowest BCUT2D eigenvalue weighted by Crippen LogP contribution is -2.40. The van der Waals surface area contributed by atoms with E-state index in [1.54, 1.807) is 11.1 Å². The van der Waals surface area contributed by atoms with Crippen LogP contribution in [0.3, 0.4) is 0 Å². The zero-order valence-corrected chi connectivity index (χ0v) is 16.8. The third kappa shape index (κ3) is 4.75. The number of hydrogen-bond acceptors (Lipinski definition) is 3. The summed E-state index contributed by atoms with van der Waals surface area (Å²) in [6, 6.07) is 7.20. The van der Waals surface area contributed by atoms with E-state index in [0.29, 0.717) is 5.92 Å². The van der Waals surface area contributed by atoms with Crippen LogP contribution in [0.5, 0.6) is 0 Å². The van der Waals surface area contributed by atoms with Gasteiger partial charge in [-0.05, 0) is 85.8 Å². The smallest absolute Gasteiger partial charge is 0.0611 e. The summed E-state index contributed by atoms with van der Waals surface area (Å²) in [6.45, 7) is 2.08. The molecule has 3 N–H and O–H groups in total. The van der Waals surface area contributed by atoms with Gasteiger partial charge in [0.05, 0.1) is 6.61 Å². The normalized spacial score (nSPS) is 31.8. The molecule has 4 rings (SSSR count). The molecule has 1 unspecified atom stereocenters. The summed E-state index contributed by atoms with van der Waals surface area (Å²) in [6.07, 6.45) is 13.6. The molecular weight excluding hydrogens is 334 g/mol. The lowest BCUT2D eigenvalue weighted by molar-refractivity contribution is 0.0627. The Morgan fingerprint density at radius 1 is 1.04 bits per heavy atom. The summed E-state index contributed by atoms with van der Waals surface area (Å²) in [7, 11) is 0. The minimum atomic E-state index is -0.351. The maximum atomic E-state index is 9.53. The van der Waals surface area contributed by atoms with Crippen LogP contribution < -0.4 is 5.73 Å². The Bertz CT molecular complexity index is 625. The SMILES string of the molecule is N[C@]1(CO)CC[C@H](c2ccc3c(c2)CCC(CCCC2CCOCC2)C3)C1. The van der Waals surface area contributed by atoms with Crippen molar-refractivity contribution >= 4 is 0 Å². The molecule has 0 aromatic heterocycles. The highest BCUT2D eigenvalue weighted by molar-refractivity contribution is 5.36. The molecule has 1 aromatic carbocycles. The van der Waals surface area contributed by atoms with E-state index in [9.17, 15) is 5.11 Å². The van der Waals surface area contributed by atoms with Crippen LogP contribution >= 0.6 is 0 Å². The largest absolute Gasteiger partial charge is 0.394 e. The summed E-state index contributed by atoms with van der Waals surface area (Å²) >= 11 is 0. The molecule has 1 heterocycles. The highest BCUT2D eigenvalue weighted by Crippen LogP contribution is 2.41. The number of aliphatic hydroxyl groups is 1. The topological polar surface area (TPSA) is 55.5 Å². The molecule has 2 aliphatic carbocycles. The standard InChI is InChI=1S/C24H37NO2/c25-24(17-26)11-8-23(16-24)22-7-6-20-14-19(4-5-21(20)15-22)3-1-2-18-9-12-27-13-10-18/h6-7,15,18-19,23,26H,1-5,8-14,16-17,25H2/t19?,23-,24+/m0/s1. The lowest BCUT2D eigenvalue weighted by atomic mass is 9.79. The van der Waals surface area contributed by atoms with Gasteiger partial charge < -0.3 is 15.6 Å². The monoisotopic (exact) mass is 371 g/mol. The van der Waals surface area contributed by atoms with Crippen LogP contribution in [0.2, 0.25) is 0 Å². The van der Waals surface area contributed by atoms with E-state index in [0.717, 1.165) is 44.3 Å². The van der Waals surface area contributed by atoms with Crippen molar-refractivity contribution < 1.29 is 9.84 Å². The number of fused-ring (bicyclic) bond motifs is 1. The van der Waals surface area contributed by atoms with Gasteiger partial charge in [-0.15, -0.1) is 0 Å². The highest BCUT2D eigenvalue weighted by atomic mass is 16.5. The fourth-order valence-corrected chi connectivity index (χ4v) is 5.67. The first kappa shape index (κ1) is 19.4. The number of rotatable bonds is 6. The number of nitrogens with two attached hydrogens (primary N) is 1. The second-order valence-corrected chi connectivity index (χ2v) is 9.58. The zero-order valence-electron chi connectivity index (χ0n) is 16.8. The molecule has 0 bridgehead atoms. The quantitative estimate of drug-likeness (QED) is 0.782. The third-order valence-electron chi connectivity index (χ3n) is 7.56. The maximum absolute atomic E-state index is 9.53. The van der Waals surface area contributed by atoms with Crippen molar-refractivity contribution in [3.05, 3.63) is 34.9 Å². The molecule has 1 saturated carbocycles.